The van der Waals surface area contributed by atoms with Gasteiger partial charge < -0.3 is 10.4 Å². The number of pyridine rings is 1. The van der Waals surface area contributed by atoms with E-state index in [0.717, 1.165) is 5.69 Å². The summed E-state index contributed by atoms with van der Waals surface area (Å²) in [6, 6.07) is 6.53. The zero-order valence-electron chi connectivity index (χ0n) is 21.5. The highest BCUT2D eigenvalue weighted by atomic mass is 35.5. The Hall–Kier alpha value is -3.04. The third kappa shape index (κ3) is 5.48. The van der Waals surface area contributed by atoms with Gasteiger partial charge in [0.25, 0.3) is 0 Å². The Morgan fingerprint density at radius 1 is 1.32 bits per heavy atom. The molecule has 2 aromatic heterocycles. The first-order chi connectivity index (χ1) is 17.5. The van der Waals surface area contributed by atoms with Gasteiger partial charge in [0.1, 0.15) is 5.82 Å². The van der Waals surface area contributed by atoms with Gasteiger partial charge in [0.05, 0.1) is 10.4 Å². The molecule has 198 valence electrons. The lowest BCUT2D eigenvalue weighted by atomic mass is 9.71. The number of piperidine rings is 1. The van der Waals surface area contributed by atoms with Crippen molar-refractivity contribution in [3.05, 3.63) is 69.0 Å². The summed E-state index contributed by atoms with van der Waals surface area (Å²) in [6.45, 7) is 8.26. The van der Waals surface area contributed by atoms with Gasteiger partial charge in [-0.25, -0.2) is 13.8 Å². The molecular weight excluding hydrogens is 500 g/mol. The fraction of sp³-hybridized carbons (Fsp3) is 0.444. The van der Waals surface area contributed by atoms with Crippen LogP contribution in [0.25, 0.3) is 0 Å². The summed E-state index contributed by atoms with van der Waals surface area (Å²) < 4.78 is 29.8. The topological polar surface area (TPSA) is 94.1 Å². The van der Waals surface area contributed by atoms with Crippen molar-refractivity contribution in [2.75, 3.05) is 11.9 Å². The van der Waals surface area contributed by atoms with Crippen molar-refractivity contribution < 1.29 is 18.7 Å². The van der Waals surface area contributed by atoms with Crippen molar-refractivity contribution in [3.8, 4) is 0 Å². The number of aliphatic carboxylic acids is 1. The van der Waals surface area contributed by atoms with E-state index < -0.39 is 23.0 Å². The van der Waals surface area contributed by atoms with Crippen LogP contribution in [0.4, 0.5) is 20.4 Å². The number of hydrogen-bond acceptors (Lipinski definition) is 5. The number of carbonyl (C=O) groups is 1. The lowest BCUT2D eigenvalue weighted by Gasteiger charge is -2.43. The fourth-order valence-electron chi connectivity index (χ4n) is 5.28. The minimum atomic E-state index is -1.08. The summed E-state index contributed by atoms with van der Waals surface area (Å²) >= 11 is 5.94. The van der Waals surface area contributed by atoms with Gasteiger partial charge in [-0.15, -0.1) is 0 Å². The molecule has 1 aromatic carbocycles. The standard InChI is InChI=1S/C27H32ClF2N5O2/c1-5-19-17(4)21(31-25(24(19)30)32-22-11-15(2)33-34-22)13-27(26(36)37)9-10-35(16(3)12-27)14-18-7-6-8-20(28)23(18)29/h6-8,11,16H,5,9-10,12-14H2,1-4H3,(H,36,37)(H2,31,32,33,34)/t16-,27-/m1/s1. The van der Waals surface area contributed by atoms with Crippen LogP contribution < -0.4 is 5.32 Å². The Bertz CT molecular complexity index is 1310. The Balaban J connectivity index is 1.61. The van der Waals surface area contributed by atoms with Gasteiger partial charge in [-0.1, -0.05) is 30.7 Å². The maximum Gasteiger partial charge on any atom is 0.310 e. The van der Waals surface area contributed by atoms with Crippen LogP contribution in [0, 0.1) is 30.9 Å². The number of hydrogen-bond donors (Lipinski definition) is 3. The molecule has 3 N–H and O–H groups in total. The van der Waals surface area contributed by atoms with E-state index >= 15 is 4.39 Å². The summed E-state index contributed by atoms with van der Waals surface area (Å²) in [4.78, 5) is 19.3. The predicted octanol–water partition coefficient (Wildman–Crippen LogP) is 5.96. The van der Waals surface area contributed by atoms with Crippen LogP contribution in [0.15, 0.2) is 24.3 Å². The molecule has 4 rings (SSSR count). The molecule has 0 spiro atoms. The highest BCUT2D eigenvalue weighted by Crippen LogP contribution is 2.40. The van der Waals surface area contributed by atoms with Crippen LogP contribution in [0.1, 0.15) is 54.8 Å². The second-order valence-electron chi connectivity index (χ2n) is 9.99. The van der Waals surface area contributed by atoms with E-state index in [9.17, 15) is 14.3 Å². The molecule has 3 aromatic rings. The number of benzene rings is 1. The molecule has 1 aliphatic rings. The zero-order chi connectivity index (χ0) is 26.9. The van der Waals surface area contributed by atoms with Crippen molar-refractivity contribution in [2.24, 2.45) is 5.41 Å². The minimum absolute atomic E-state index is 0.0337. The van der Waals surface area contributed by atoms with Gasteiger partial charge >= 0.3 is 5.97 Å². The Labute approximate surface area is 220 Å². The number of aromatic nitrogens is 3. The number of nitrogens with one attached hydrogen (secondary N) is 2. The maximum atomic E-state index is 15.3. The predicted molar refractivity (Wildman–Crippen MR) is 139 cm³/mol. The number of rotatable bonds is 8. The molecule has 3 heterocycles. The van der Waals surface area contributed by atoms with Crippen molar-refractivity contribution in [2.45, 2.75) is 66.0 Å². The molecule has 1 saturated heterocycles. The van der Waals surface area contributed by atoms with Gasteiger partial charge in [-0.05, 0) is 63.8 Å². The van der Waals surface area contributed by atoms with Crippen LogP contribution in [0.3, 0.4) is 0 Å². The van der Waals surface area contributed by atoms with Gasteiger partial charge in [0.15, 0.2) is 17.5 Å². The summed E-state index contributed by atoms with van der Waals surface area (Å²) in [5, 5.41) is 20.3. The summed E-state index contributed by atoms with van der Waals surface area (Å²) in [7, 11) is 0. The second-order valence-corrected chi connectivity index (χ2v) is 10.4. The molecule has 1 aliphatic heterocycles. The highest BCUT2D eigenvalue weighted by Gasteiger charge is 2.45. The molecule has 0 aliphatic carbocycles. The van der Waals surface area contributed by atoms with Crippen molar-refractivity contribution in [1.29, 1.82) is 0 Å². The largest absolute Gasteiger partial charge is 0.481 e. The second kappa shape index (κ2) is 10.8. The lowest BCUT2D eigenvalue weighted by molar-refractivity contribution is -0.153. The molecule has 0 amide bonds. The van der Waals surface area contributed by atoms with E-state index in [0.29, 0.717) is 60.6 Å². The molecule has 0 bridgehead atoms. The van der Waals surface area contributed by atoms with E-state index in [2.05, 4.69) is 25.4 Å². The number of carboxylic acids is 1. The third-order valence-electron chi connectivity index (χ3n) is 7.46. The molecule has 10 heteroatoms. The van der Waals surface area contributed by atoms with Gasteiger partial charge in [0, 0.05) is 42.0 Å². The first-order valence-electron chi connectivity index (χ1n) is 12.4. The first kappa shape index (κ1) is 27.0. The Kier molecular flexibility index (Phi) is 7.85. The number of likely N-dealkylation sites (tertiary alicyclic amines) is 1. The summed E-state index contributed by atoms with van der Waals surface area (Å²) in [5.41, 5.74) is 1.94. The highest BCUT2D eigenvalue weighted by molar-refractivity contribution is 6.30. The number of nitrogens with zero attached hydrogens (tertiary/aromatic N) is 3. The third-order valence-corrected chi connectivity index (χ3v) is 7.75. The minimum Gasteiger partial charge on any atom is -0.481 e. The molecular formula is C27H32ClF2N5O2. The normalized spacial score (nSPS) is 20.2. The maximum absolute atomic E-state index is 15.3. The summed E-state index contributed by atoms with van der Waals surface area (Å²) in [6.07, 6.45) is 1.32. The first-order valence-corrected chi connectivity index (χ1v) is 12.8. The zero-order valence-corrected chi connectivity index (χ0v) is 22.2. The molecule has 0 radical (unpaired) electrons. The molecule has 1 fully saturated rings. The van der Waals surface area contributed by atoms with E-state index in [4.69, 9.17) is 11.6 Å². The summed E-state index contributed by atoms with van der Waals surface area (Å²) in [5.74, 6) is -1.35. The average molecular weight is 532 g/mol. The molecule has 0 unspecified atom stereocenters. The fourth-order valence-corrected chi connectivity index (χ4v) is 5.47. The molecule has 2 atom stereocenters. The molecule has 37 heavy (non-hydrogen) atoms. The Morgan fingerprint density at radius 3 is 2.70 bits per heavy atom. The van der Waals surface area contributed by atoms with E-state index in [1.165, 1.54) is 6.07 Å². The SMILES string of the molecule is CCc1c(C)c(C[C@@]2(C(=O)O)CCN(Cc3cccc(Cl)c3F)[C@H](C)C2)nc(Nc2cc(C)[nH]n2)c1F. The monoisotopic (exact) mass is 531 g/mol. The van der Waals surface area contributed by atoms with Crippen LogP contribution in [0.2, 0.25) is 5.02 Å². The van der Waals surface area contributed by atoms with E-state index in [1.54, 1.807) is 25.1 Å². The van der Waals surface area contributed by atoms with Gasteiger partial charge in [0.2, 0.25) is 0 Å². The van der Waals surface area contributed by atoms with Crippen LogP contribution in [-0.4, -0.2) is 43.7 Å². The average Bonchev–Trinajstić information content (AvgIpc) is 3.26. The van der Waals surface area contributed by atoms with Gasteiger partial charge in [-0.3, -0.25) is 14.8 Å². The molecule has 7 nitrogen and oxygen atoms in total. The van der Waals surface area contributed by atoms with Crippen LogP contribution >= 0.6 is 11.6 Å². The van der Waals surface area contributed by atoms with Crippen molar-refractivity contribution >= 4 is 29.2 Å². The molecule has 0 saturated carbocycles. The number of aryl methyl sites for hydroxylation is 1. The lowest BCUT2D eigenvalue weighted by Crippen LogP contribution is -2.50. The number of aromatic amines is 1. The van der Waals surface area contributed by atoms with Crippen LogP contribution in [0.5, 0.6) is 0 Å². The number of halogens is 3. The van der Waals surface area contributed by atoms with Gasteiger partial charge in [-0.2, -0.15) is 5.10 Å². The van der Waals surface area contributed by atoms with Crippen LogP contribution in [-0.2, 0) is 24.2 Å². The van der Waals surface area contributed by atoms with E-state index in [-0.39, 0.29) is 23.3 Å². The smallest absolute Gasteiger partial charge is 0.310 e. The number of anilines is 2. The quantitative estimate of drug-likeness (QED) is 0.332. The number of carboxylic acid groups (broad SMARTS) is 1. The number of H-pyrrole nitrogens is 1. The van der Waals surface area contributed by atoms with E-state index in [1.807, 2.05) is 20.8 Å². The Morgan fingerprint density at radius 2 is 2.08 bits per heavy atom. The van der Waals surface area contributed by atoms with Crippen molar-refractivity contribution in [1.82, 2.24) is 20.1 Å². The van der Waals surface area contributed by atoms with Crippen molar-refractivity contribution in [3.63, 3.8) is 0 Å².